The van der Waals surface area contributed by atoms with Gasteiger partial charge in [-0.1, -0.05) is 13.8 Å². The lowest BCUT2D eigenvalue weighted by molar-refractivity contribution is 0.227. The predicted molar refractivity (Wildman–Crippen MR) is 75.4 cm³/mol. The molecule has 6 heteroatoms. The molecule has 19 heavy (non-hydrogen) atoms. The van der Waals surface area contributed by atoms with Crippen molar-refractivity contribution in [3.63, 3.8) is 0 Å². The molecule has 1 aliphatic rings. The van der Waals surface area contributed by atoms with E-state index in [0.29, 0.717) is 29.8 Å². The molecule has 1 aromatic heterocycles. The molecule has 0 N–H and O–H groups in total. The maximum absolute atomic E-state index is 12.4. The number of rotatable bonds is 3. The maximum Gasteiger partial charge on any atom is 0.252 e. The van der Waals surface area contributed by atoms with Crippen molar-refractivity contribution >= 4 is 21.4 Å². The first kappa shape index (κ1) is 14.5. The number of nitriles is 1. The Morgan fingerprint density at radius 2 is 2.00 bits per heavy atom. The van der Waals surface area contributed by atoms with E-state index in [4.69, 9.17) is 5.26 Å². The minimum absolute atomic E-state index is 0.284. The van der Waals surface area contributed by atoms with Crippen LogP contribution in [0.3, 0.4) is 0 Å². The third-order valence-electron chi connectivity index (χ3n) is 3.73. The fourth-order valence-corrected chi connectivity index (χ4v) is 5.16. The van der Waals surface area contributed by atoms with Crippen molar-refractivity contribution < 1.29 is 8.42 Å². The molecule has 2 heterocycles. The van der Waals surface area contributed by atoms with E-state index in [9.17, 15) is 8.42 Å². The molecule has 0 amide bonds. The first-order valence-electron chi connectivity index (χ1n) is 6.45. The van der Waals surface area contributed by atoms with Gasteiger partial charge < -0.3 is 0 Å². The van der Waals surface area contributed by atoms with Crippen molar-refractivity contribution in [3.8, 4) is 6.07 Å². The van der Waals surface area contributed by atoms with Crippen molar-refractivity contribution in [1.82, 2.24) is 4.31 Å². The molecule has 1 aromatic rings. The number of sulfonamides is 1. The minimum atomic E-state index is -3.40. The monoisotopic (exact) mass is 298 g/mol. The molecule has 0 spiro atoms. The zero-order valence-corrected chi connectivity index (χ0v) is 12.8. The quantitative estimate of drug-likeness (QED) is 0.862. The van der Waals surface area contributed by atoms with Crippen LogP contribution in [0.1, 0.15) is 31.6 Å². The Balaban J connectivity index is 2.12. The molecule has 0 unspecified atom stereocenters. The summed E-state index contributed by atoms with van der Waals surface area (Å²) in [5.74, 6) is 1.22. The van der Waals surface area contributed by atoms with Gasteiger partial charge in [0.1, 0.15) is 15.2 Å². The Hall–Kier alpha value is -0.900. The topological polar surface area (TPSA) is 61.2 Å². The lowest BCUT2D eigenvalue weighted by Gasteiger charge is -2.32. The Kier molecular flexibility index (Phi) is 4.29. The standard InChI is InChI=1S/C13H18N2O2S2/c1-10(2)11-5-7-15(8-6-11)19(16,17)13-4-3-12(9-14)18-13/h3-4,10-11H,5-8H2,1-2H3. The van der Waals surface area contributed by atoms with Crippen LogP contribution in [0, 0.1) is 23.2 Å². The van der Waals surface area contributed by atoms with Gasteiger partial charge in [0.15, 0.2) is 0 Å². The van der Waals surface area contributed by atoms with Crippen molar-refractivity contribution in [2.45, 2.75) is 30.9 Å². The molecule has 1 fully saturated rings. The third kappa shape index (κ3) is 2.99. The largest absolute Gasteiger partial charge is 0.252 e. The Morgan fingerprint density at radius 1 is 1.37 bits per heavy atom. The van der Waals surface area contributed by atoms with E-state index in [1.54, 1.807) is 10.4 Å². The third-order valence-corrected chi connectivity index (χ3v) is 7.08. The second-order valence-corrected chi connectivity index (χ2v) is 8.46. The number of thiophene rings is 1. The van der Waals surface area contributed by atoms with Crippen LogP contribution in [0.5, 0.6) is 0 Å². The summed E-state index contributed by atoms with van der Waals surface area (Å²) >= 11 is 1.05. The molecule has 0 bridgehead atoms. The number of nitrogens with zero attached hydrogens (tertiary/aromatic N) is 2. The summed E-state index contributed by atoms with van der Waals surface area (Å²) < 4.78 is 26.7. The van der Waals surface area contributed by atoms with Crippen LogP contribution < -0.4 is 0 Å². The second-order valence-electron chi connectivity index (χ2n) is 5.22. The second kappa shape index (κ2) is 5.61. The van der Waals surface area contributed by atoms with Gasteiger partial charge >= 0.3 is 0 Å². The van der Waals surface area contributed by atoms with Gasteiger partial charge in [-0.2, -0.15) is 9.57 Å². The summed E-state index contributed by atoms with van der Waals surface area (Å²) in [5, 5.41) is 8.77. The van der Waals surface area contributed by atoms with E-state index in [0.717, 1.165) is 24.2 Å². The van der Waals surface area contributed by atoms with Crippen LogP contribution >= 0.6 is 11.3 Å². The molecular weight excluding hydrogens is 280 g/mol. The zero-order chi connectivity index (χ0) is 14.0. The lowest BCUT2D eigenvalue weighted by atomic mass is 9.87. The zero-order valence-electron chi connectivity index (χ0n) is 11.2. The average molecular weight is 298 g/mol. The molecule has 4 nitrogen and oxygen atoms in total. The number of hydrogen-bond acceptors (Lipinski definition) is 4. The van der Waals surface area contributed by atoms with E-state index in [1.807, 2.05) is 6.07 Å². The summed E-state index contributed by atoms with van der Waals surface area (Å²) in [6.45, 7) is 5.55. The van der Waals surface area contributed by atoms with E-state index in [-0.39, 0.29) is 4.21 Å². The molecule has 0 radical (unpaired) electrons. The Labute approximate surface area is 118 Å². The van der Waals surface area contributed by atoms with Crippen LogP contribution in [0.2, 0.25) is 0 Å². The fraction of sp³-hybridized carbons (Fsp3) is 0.615. The van der Waals surface area contributed by atoms with E-state index < -0.39 is 10.0 Å². The Morgan fingerprint density at radius 3 is 2.47 bits per heavy atom. The van der Waals surface area contributed by atoms with Crippen molar-refractivity contribution in [3.05, 3.63) is 17.0 Å². The maximum atomic E-state index is 12.4. The molecule has 0 atom stereocenters. The molecule has 2 rings (SSSR count). The molecule has 0 aromatic carbocycles. The summed E-state index contributed by atoms with van der Waals surface area (Å²) in [4.78, 5) is 0.440. The Bertz CT molecular complexity index is 576. The van der Waals surface area contributed by atoms with Crippen LogP contribution in [0.25, 0.3) is 0 Å². The first-order valence-corrected chi connectivity index (χ1v) is 8.71. The normalized spacial score (nSPS) is 18.6. The summed E-state index contributed by atoms with van der Waals surface area (Å²) in [6, 6.07) is 5.08. The van der Waals surface area contributed by atoms with Crippen LogP contribution in [-0.4, -0.2) is 25.8 Å². The van der Waals surface area contributed by atoms with Crippen LogP contribution in [-0.2, 0) is 10.0 Å². The van der Waals surface area contributed by atoms with Gasteiger partial charge in [0.2, 0.25) is 0 Å². The highest BCUT2D eigenvalue weighted by Crippen LogP contribution is 2.30. The van der Waals surface area contributed by atoms with E-state index >= 15 is 0 Å². The predicted octanol–water partition coefficient (Wildman–Crippen LogP) is 2.68. The van der Waals surface area contributed by atoms with Gasteiger partial charge in [-0.3, -0.25) is 0 Å². The van der Waals surface area contributed by atoms with E-state index in [1.165, 1.54) is 6.07 Å². The van der Waals surface area contributed by atoms with Gasteiger partial charge in [0, 0.05) is 13.1 Å². The lowest BCUT2D eigenvalue weighted by Crippen LogP contribution is -2.39. The molecule has 1 aliphatic heterocycles. The number of hydrogen-bond donors (Lipinski definition) is 0. The minimum Gasteiger partial charge on any atom is -0.206 e. The van der Waals surface area contributed by atoms with Gasteiger partial charge in [-0.25, -0.2) is 8.42 Å². The van der Waals surface area contributed by atoms with Gasteiger partial charge in [0.05, 0.1) is 0 Å². The number of piperidine rings is 1. The highest BCUT2D eigenvalue weighted by Gasteiger charge is 2.31. The summed E-state index contributed by atoms with van der Waals surface area (Å²) in [6.07, 6.45) is 1.85. The average Bonchev–Trinajstić information content (AvgIpc) is 2.88. The summed E-state index contributed by atoms with van der Waals surface area (Å²) in [5.41, 5.74) is 0. The molecular formula is C13H18N2O2S2. The van der Waals surface area contributed by atoms with Crippen molar-refractivity contribution in [1.29, 1.82) is 5.26 Å². The molecule has 0 aliphatic carbocycles. The molecule has 1 saturated heterocycles. The van der Waals surface area contributed by atoms with Crippen molar-refractivity contribution in [2.75, 3.05) is 13.1 Å². The smallest absolute Gasteiger partial charge is 0.206 e. The highest BCUT2D eigenvalue weighted by atomic mass is 32.2. The summed E-state index contributed by atoms with van der Waals surface area (Å²) in [7, 11) is -3.40. The SMILES string of the molecule is CC(C)C1CCN(S(=O)(=O)c2ccc(C#N)s2)CC1. The molecule has 104 valence electrons. The van der Waals surface area contributed by atoms with Gasteiger partial charge in [-0.15, -0.1) is 11.3 Å². The highest BCUT2D eigenvalue weighted by molar-refractivity contribution is 7.91. The first-order chi connectivity index (χ1) is 8.95. The molecule has 0 saturated carbocycles. The van der Waals surface area contributed by atoms with Crippen LogP contribution in [0.15, 0.2) is 16.3 Å². The fourth-order valence-electron chi connectivity index (χ4n) is 2.43. The van der Waals surface area contributed by atoms with Gasteiger partial charge in [0.25, 0.3) is 10.0 Å². The van der Waals surface area contributed by atoms with Gasteiger partial charge in [-0.05, 0) is 36.8 Å². The van der Waals surface area contributed by atoms with E-state index in [2.05, 4.69) is 13.8 Å². The van der Waals surface area contributed by atoms with Crippen LogP contribution in [0.4, 0.5) is 0 Å². The van der Waals surface area contributed by atoms with Crippen molar-refractivity contribution in [2.24, 2.45) is 11.8 Å².